The van der Waals surface area contributed by atoms with Crippen molar-refractivity contribution < 1.29 is 4.74 Å². The van der Waals surface area contributed by atoms with Crippen LogP contribution >= 0.6 is 0 Å². The molecule has 0 saturated carbocycles. The summed E-state index contributed by atoms with van der Waals surface area (Å²) < 4.78 is 8.13. The van der Waals surface area contributed by atoms with Crippen LogP contribution in [0.3, 0.4) is 0 Å². The average molecular weight is 406 g/mol. The number of hydrogen-bond donors (Lipinski definition) is 2. The van der Waals surface area contributed by atoms with Crippen molar-refractivity contribution >= 4 is 5.96 Å². The lowest BCUT2D eigenvalue weighted by Gasteiger charge is -2.23. The summed E-state index contributed by atoms with van der Waals surface area (Å²) in [5.41, 5.74) is 3.30. The Morgan fingerprint density at radius 2 is 1.70 bits per heavy atom. The molecule has 0 atom stereocenters. The minimum Gasteiger partial charge on any atom is -0.488 e. The van der Waals surface area contributed by atoms with Crippen LogP contribution in [0.5, 0.6) is 5.75 Å². The molecule has 30 heavy (non-hydrogen) atoms. The van der Waals surface area contributed by atoms with Crippen LogP contribution in [0.4, 0.5) is 0 Å². The zero-order valence-electron chi connectivity index (χ0n) is 18.2. The number of hydrogen-bond acceptors (Lipinski definition) is 3. The molecule has 0 radical (unpaired) electrons. The fraction of sp³-hybridized carbons (Fsp3) is 0.333. The Morgan fingerprint density at radius 3 is 2.37 bits per heavy atom. The predicted molar refractivity (Wildman–Crippen MR) is 122 cm³/mol. The highest BCUT2D eigenvalue weighted by Crippen LogP contribution is 2.22. The fourth-order valence-electron chi connectivity index (χ4n) is 3.02. The third-order valence-corrected chi connectivity index (χ3v) is 4.47. The average Bonchev–Trinajstić information content (AvgIpc) is 3.22. The number of benzene rings is 2. The molecule has 0 fully saturated rings. The largest absolute Gasteiger partial charge is 0.488 e. The van der Waals surface area contributed by atoms with Gasteiger partial charge in [0.15, 0.2) is 5.96 Å². The minimum atomic E-state index is -0.236. The third-order valence-electron chi connectivity index (χ3n) is 4.47. The first-order chi connectivity index (χ1) is 14.4. The van der Waals surface area contributed by atoms with Gasteiger partial charge in [0.05, 0.1) is 6.33 Å². The molecule has 0 amide bonds. The first kappa shape index (κ1) is 21.4. The number of imidazole rings is 1. The highest BCUT2D eigenvalue weighted by molar-refractivity contribution is 5.79. The van der Waals surface area contributed by atoms with Crippen molar-refractivity contribution in [3.05, 3.63) is 83.9 Å². The maximum absolute atomic E-state index is 6.07. The number of nitrogens with zero attached hydrogens (tertiary/aromatic N) is 3. The molecule has 6 nitrogen and oxygen atoms in total. The second-order valence-corrected chi connectivity index (χ2v) is 8.15. The molecule has 2 N–H and O–H groups in total. The Labute approximate surface area is 179 Å². The lowest BCUT2D eigenvalue weighted by atomic mass is 10.1. The molecule has 2 aromatic carbocycles. The lowest BCUT2D eigenvalue weighted by Crippen LogP contribution is -2.36. The molecule has 3 rings (SSSR count). The van der Waals surface area contributed by atoms with Gasteiger partial charge in [-0.15, -0.1) is 0 Å². The van der Waals surface area contributed by atoms with Gasteiger partial charge in [-0.2, -0.15) is 0 Å². The summed E-state index contributed by atoms with van der Waals surface area (Å²) in [4.78, 5) is 8.41. The third kappa shape index (κ3) is 6.65. The number of guanidine groups is 1. The highest BCUT2D eigenvalue weighted by Gasteiger charge is 2.14. The van der Waals surface area contributed by atoms with Gasteiger partial charge in [-0.25, -0.2) is 4.98 Å². The number of para-hydroxylation sites is 1. The Bertz CT molecular complexity index is 940. The Kier molecular flexibility index (Phi) is 7.12. The Balaban J connectivity index is 1.52. The van der Waals surface area contributed by atoms with Crippen LogP contribution in [0, 0.1) is 0 Å². The van der Waals surface area contributed by atoms with Gasteiger partial charge in [-0.3, -0.25) is 4.99 Å². The first-order valence-corrected chi connectivity index (χ1v) is 10.2. The van der Waals surface area contributed by atoms with E-state index >= 15 is 0 Å². The van der Waals surface area contributed by atoms with Crippen LogP contribution in [0.1, 0.15) is 37.5 Å². The normalized spacial score (nSPS) is 11.9. The highest BCUT2D eigenvalue weighted by atomic mass is 16.5. The number of nitrogens with one attached hydrogen (secondary N) is 2. The zero-order chi connectivity index (χ0) is 21.4. The van der Waals surface area contributed by atoms with Crippen LogP contribution in [-0.4, -0.2) is 28.2 Å². The molecule has 1 aromatic heterocycles. The molecule has 158 valence electrons. The summed E-state index contributed by atoms with van der Waals surface area (Å²) in [6, 6.07) is 16.7. The van der Waals surface area contributed by atoms with Gasteiger partial charge in [0.2, 0.25) is 0 Å². The van der Waals surface area contributed by atoms with Gasteiger partial charge < -0.3 is 19.9 Å². The molecule has 0 aliphatic carbocycles. The number of aliphatic imine (C=N–C) groups is 1. The maximum Gasteiger partial charge on any atom is 0.191 e. The molecular formula is C24H31N5O. The van der Waals surface area contributed by atoms with Crippen molar-refractivity contribution in [2.24, 2.45) is 4.99 Å². The van der Waals surface area contributed by atoms with Crippen molar-refractivity contribution in [2.75, 3.05) is 7.05 Å². The first-order valence-electron chi connectivity index (χ1n) is 10.2. The number of ether oxygens (including phenoxy) is 1. The summed E-state index contributed by atoms with van der Waals surface area (Å²) in [5.74, 6) is 1.64. The summed E-state index contributed by atoms with van der Waals surface area (Å²) in [6.07, 6.45) is 5.59. The van der Waals surface area contributed by atoms with Gasteiger partial charge in [-0.05, 0) is 38.0 Å². The van der Waals surface area contributed by atoms with E-state index in [0.29, 0.717) is 13.1 Å². The molecule has 0 bridgehead atoms. The Hall–Kier alpha value is -3.28. The van der Waals surface area contributed by atoms with E-state index in [4.69, 9.17) is 4.74 Å². The molecule has 0 aliphatic heterocycles. The smallest absolute Gasteiger partial charge is 0.191 e. The van der Waals surface area contributed by atoms with Gasteiger partial charge in [-0.1, -0.05) is 42.5 Å². The van der Waals surface area contributed by atoms with Crippen molar-refractivity contribution in [2.45, 2.75) is 46.0 Å². The van der Waals surface area contributed by atoms with Gasteiger partial charge in [0.25, 0.3) is 0 Å². The van der Waals surface area contributed by atoms with Crippen LogP contribution in [0.25, 0.3) is 0 Å². The topological polar surface area (TPSA) is 63.5 Å². The van der Waals surface area contributed by atoms with Crippen molar-refractivity contribution in [1.82, 2.24) is 20.2 Å². The summed E-state index contributed by atoms with van der Waals surface area (Å²) in [6.45, 7) is 8.32. The molecular weight excluding hydrogens is 374 g/mol. The summed E-state index contributed by atoms with van der Waals surface area (Å²) >= 11 is 0. The summed E-state index contributed by atoms with van der Waals surface area (Å²) in [5, 5.41) is 6.74. The van der Waals surface area contributed by atoms with E-state index in [2.05, 4.69) is 76.3 Å². The van der Waals surface area contributed by atoms with Gasteiger partial charge in [0.1, 0.15) is 11.4 Å². The predicted octanol–water partition coefficient (Wildman–Crippen LogP) is 3.97. The Morgan fingerprint density at radius 1 is 1.00 bits per heavy atom. The molecule has 3 aromatic rings. The van der Waals surface area contributed by atoms with E-state index < -0.39 is 0 Å². The van der Waals surface area contributed by atoms with Crippen molar-refractivity contribution in [1.29, 1.82) is 0 Å². The molecule has 1 heterocycles. The standard InChI is InChI=1S/C24H31N5O/c1-24(2,3)30-22-8-6-5-7-21(22)16-28-23(25-4)27-15-19-9-11-20(12-10-19)17-29-14-13-26-18-29/h5-14,18H,15-17H2,1-4H3,(H2,25,27,28). The number of aromatic nitrogens is 2. The number of rotatable bonds is 7. The van der Waals surface area contributed by atoms with Gasteiger partial charge in [0, 0.05) is 44.6 Å². The van der Waals surface area contributed by atoms with Crippen LogP contribution < -0.4 is 15.4 Å². The molecule has 0 aliphatic rings. The fourth-order valence-corrected chi connectivity index (χ4v) is 3.02. The van der Waals surface area contributed by atoms with E-state index in [1.807, 2.05) is 30.7 Å². The van der Waals surface area contributed by atoms with E-state index in [9.17, 15) is 0 Å². The van der Waals surface area contributed by atoms with Gasteiger partial charge >= 0.3 is 0 Å². The zero-order valence-corrected chi connectivity index (χ0v) is 18.2. The second kappa shape index (κ2) is 9.96. The van der Waals surface area contributed by atoms with E-state index in [0.717, 1.165) is 23.8 Å². The molecule has 0 spiro atoms. The monoisotopic (exact) mass is 405 g/mol. The van der Waals surface area contributed by atoms with Crippen molar-refractivity contribution in [3.63, 3.8) is 0 Å². The van der Waals surface area contributed by atoms with Crippen LogP contribution in [-0.2, 0) is 19.6 Å². The van der Waals surface area contributed by atoms with Crippen LogP contribution in [0.15, 0.2) is 72.2 Å². The lowest BCUT2D eigenvalue weighted by molar-refractivity contribution is 0.129. The second-order valence-electron chi connectivity index (χ2n) is 8.15. The maximum atomic E-state index is 6.07. The SMILES string of the molecule is CN=C(NCc1ccc(Cn2ccnc2)cc1)NCc1ccccc1OC(C)(C)C. The van der Waals surface area contributed by atoms with Crippen LogP contribution in [0.2, 0.25) is 0 Å². The molecule has 0 unspecified atom stereocenters. The molecule has 6 heteroatoms. The molecule has 0 saturated heterocycles. The minimum absolute atomic E-state index is 0.236. The van der Waals surface area contributed by atoms with E-state index in [-0.39, 0.29) is 5.60 Å². The quantitative estimate of drug-likeness (QED) is 0.461. The van der Waals surface area contributed by atoms with Crippen molar-refractivity contribution in [3.8, 4) is 5.75 Å². The summed E-state index contributed by atoms with van der Waals surface area (Å²) in [7, 11) is 1.78. The van der Waals surface area contributed by atoms with E-state index in [1.165, 1.54) is 11.1 Å². The van der Waals surface area contributed by atoms with E-state index in [1.54, 1.807) is 13.2 Å².